The van der Waals surface area contributed by atoms with Gasteiger partial charge in [-0.15, -0.1) is 0 Å². The van der Waals surface area contributed by atoms with Gasteiger partial charge in [-0.25, -0.2) is 4.79 Å². The molecule has 0 aliphatic heterocycles. The van der Waals surface area contributed by atoms with Gasteiger partial charge in [0.05, 0.1) is 0 Å². The van der Waals surface area contributed by atoms with Crippen molar-refractivity contribution in [2.45, 2.75) is 12.6 Å². The van der Waals surface area contributed by atoms with E-state index in [0.29, 0.717) is 0 Å². The summed E-state index contributed by atoms with van der Waals surface area (Å²) in [5.41, 5.74) is 9.24. The molecule has 1 aliphatic rings. The standard InChI is InChI=1S/C9H9N.C2HF3O2/c10-9-5-7-3-1-2-4-8(7)6-9;3-2(4,5)1(6)7/h1-5H,6,10H2;(H,6,7). The van der Waals surface area contributed by atoms with E-state index in [0.717, 1.165) is 12.1 Å². The fourth-order valence-corrected chi connectivity index (χ4v) is 1.31. The maximum absolute atomic E-state index is 10.6. The number of hydrogen-bond donors (Lipinski definition) is 2. The topological polar surface area (TPSA) is 63.3 Å². The number of halogens is 3. The lowest BCUT2D eigenvalue weighted by atomic mass is 10.1. The van der Waals surface area contributed by atoms with Crippen LogP contribution in [0.1, 0.15) is 11.1 Å². The molecule has 3 nitrogen and oxygen atoms in total. The van der Waals surface area contributed by atoms with Crippen molar-refractivity contribution in [3.8, 4) is 0 Å². The minimum atomic E-state index is -5.08. The van der Waals surface area contributed by atoms with Crippen LogP contribution in [0.15, 0.2) is 30.0 Å². The van der Waals surface area contributed by atoms with Crippen molar-refractivity contribution in [1.82, 2.24) is 0 Å². The zero-order chi connectivity index (χ0) is 13.1. The summed E-state index contributed by atoms with van der Waals surface area (Å²) in [5.74, 6) is -2.76. The first-order valence-electron chi connectivity index (χ1n) is 4.65. The molecule has 0 saturated carbocycles. The van der Waals surface area contributed by atoms with Gasteiger partial charge in [-0.2, -0.15) is 13.2 Å². The van der Waals surface area contributed by atoms with Crippen molar-refractivity contribution < 1.29 is 23.1 Å². The first kappa shape index (κ1) is 13.1. The first-order chi connectivity index (χ1) is 7.80. The number of hydrogen-bond acceptors (Lipinski definition) is 2. The molecule has 17 heavy (non-hydrogen) atoms. The summed E-state index contributed by atoms with van der Waals surface area (Å²) in [7, 11) is 0. The van der Waals surface area contributed by atoms with Crippen LogP contribution in [0.5, 0.6) is 0 Å². The number of rotatable bonds is 0. The zero-order valence-electron chi connectivity index (χ0n) is 8.66. The molecule has 3 N–H and O–H groups in total. The van der Waals surface area contributed by atoms with Gasteiger partial charge in [0.2, 0.25) is 0 Å². The van der Waals surface area contributed by atoms with Gasteiger partial charge < -0.3 is 10.8 Å². The summed E-state index contributed by atoms with van der Waals surface area (Å²) >= 11 is 0. The van der Waals surface area contributed by atoms with Crippen LogP contribution in [0, 0.1) is 0 Å². The summed E-state index contributed by atoms with van der Waals surface area (Å²) in [6.45, 7) is 0. The molecule has 0 radical (unpaired) electrons. The van der Waals surface area contributed by atoms with Crippen molar-refractivity contribution in [2.75, 3.05) is 0 Å². The predicted molar refractivity (Wildman–Crippen MR) is 56.0 cm³/mol. The highest BCUT2D eigenvalue weighted by atomic mass is 19.4. The van der Waals surface area contributed by atoms with Crippen molar-refractivity contribution >= 4 is 12.0 Å². The molecule has 1 aromatic rings. The summed E-state index contributed by atoms with van der Waals surface area (Å²) in [6, 6.07) is 8.29. The maximum Gasteiger partial charge on any atom is 0.490 e. The molecule has 1 aliphatic carbocycles. The lowest BCUT2D eigenvalue weighted by Crippen LogP contribution is -2.21. The minimum Gasteiger partial charge on any atom is -0.475 e. The molecule has 0 spiro atoms. The van der Waals surface area contributed by atoms with Crippen molar-refractivity contribution in [3.63, 3.8) is 0 Å². The summed E-state index contributed by atoms with van der Waals surface area (Å²) in [4.78, 5) is 8.90. The maximum atomic E-state index is 10.6. The zero-order valence-corrected chi connectivity index (χ0v) is 8.66. The van der Waals surface area contributed by atoms with Gasteiger partial charge in [0.1, 0.15) is 0 Å². The highest BCUT2D eigenvalue weighted by Crippen LogP contribution is 2.20. The van der Waals surface area contributed by atoms with Gasteiger partial charge in [-0.1, -0.05) is 24.3 Å². The van der Waals surface area contributed by atoms with Gasteiger partial charge in [0.25, 0.3) is 0 Å². The van der Waals surface area contributed by atoms with E-state index in [2.05, 4.69) is 12.1 Å². The SMILES string of the molecule is NC1=Cc2ccccc2C1.O=C(O)C(F)(F)F. The number of fused-ring (bicyclic) bond motifs is 1. The van der Waals surface area contributed by atoms with Crippen LogP contribution in [-0.4, -0.2) is 17.3 Å². The Morgan fingerprint density at radius 3 is 2.29 bits per heavy atom. The average Bonchev–Trinajstić information content (AvgIpc) is 2.57. The molecule has 92 valence electrons. The van der Waals surface area contributed by atoms with Gasteiger partial charge in [0, 0.05) is 12.1 Å². The Balaban J connectivity index is 0.000000185. The minimum absolute atomic E-state index is 0.927. The van der Waals surface area contributed by atoms with E-state index >= 15 is 0 Å². The van der Waals surface area contributed by atoms with E-state index in [1.165, 1.54) is 11.1 Å². The molecule has 0 unspecified atom stereocenters. The largest absolute Gasteiger partial charge is 0.490 e. The fourth-order valence-electron chi connectivity index (χ4n) is 1.31. The number of benzene rings is 1. The number of allylic oxidation sites excluding steroid dienone is 1. The van der Waals surface area contributed by atoms with Crippen LogP contribution in [0.2, 0.25) is 0 Å². The fraction of sp³-hybridized carbons (Fsp3) is 0.182. The highest BCUT2D eigenvalue weighted by Gasteiger charge is 2.38. The third-order valence-corrected chi connectivity index (χ3v) is 2.03. The van der Waals surface area contributed by atoms with Crippen molar-refractivity contribution in [1.29, 1.82) is 0 Å². The van der Waals surface area contributed by atoms with E-state index in [4.69, 9.17) is 15.6 Å². The third-order valence-electron chi connectivity index (χ3n) is 2.03. The van der Waals surface area contributed by atoms with Crippen LogP contribution >= 0.6 is 0 Å². The Morgan fingerprint density at radius 2 is 1.82 bits per heavy atom. The second-order valence-corrected chi connectivity index (χ2v) is 3.40. The van der Waals surface area contributed by atoms with Crippen LogP contribution in [-0.2, 0) is 11.2 Å². The summed E-state index contributed by atoms with van der Waals surface area (Å²) in [5, 5.41) is 7.12. The van der Waals surface area contributed by atoms with Crippen LogP contribution in [0.4, 0.5) is 13.2 Å². The number of aliphatic carboxylic acids is 1. The van der Waals surface area contributed by atoms with Gasteiger partial charge in [-0.3, -0.25) is 0 Å². The van der Waals surface area contributed by atoms with Gasteiger partial charge in [0.15, 0.2) is 0 Å². The van der Waals surface area contributed by atoms with E-state index in [9.17, 15) is 13.2 Å². The number of carboxylic acid groups (broad SMARTS) is 1. The second kappa shape index (κ2) is 4.90. The molecule has 0 aromatic heterocycles. The van der Waals surface area contributed by atoms with Crippen molar-refractivity contribution in [3.05, 3.63) is 41.1 Å². The Morgan fingerprint density at radius 1 is 1.29 bits per heavy atom. The predicted octanol–water partition coefficient (Wildman–Crippen LogP) is 2.18. The number of carboxylic acids is 1. The molecule has 0 fully saturated rings. The third kappa shape index (κ3) is 3.82. The molecule has 0 bridgehead atoms. The first-order valence-corrected chi connectivity index (χ1v) is 4.65. The monoisotopic (exact) mass is 245 g/mol. The summed E-state index contributed by atoms with van der Waals surface area (Å²) in [6.07, 6.45) is -2.12. The molecule has 0 saturated heterocycles. The molecule has 2 rings (SSSR count). The van der Waals surface area contributed by atoms with Crippen LogP contribution in [0.25, 0.3) is 6.08 Å². The van der Waals surface area contributed by atoms with Crippen molar-refractivity contribution in [2.24, 2.45) is 5.73 Å². The molecular weight excluding hydrogens is 235 g/mol. The number of carbonyl (C=O) groups is 1. The number of nitrogens with two attached hydrogens (primary N) is 1. The lowest BCUT2D eigenvalue weighted by Gasteiger charge is -1.93. The van der Waals surface area contributed by atoms with Crippen LogP contribution in [0.3, 0.4) is 0 Å². The van der Waals surface area contributed by atoms with E-state index in [1.54, 1.807) is 0 Å². The Labute approximate surface area is 95.4 Å². The molecule has 0 atom stereocenters. The lowest BCUT2D eigenvalue weighted by molar-refractivity contribution is -0.192. The summed E-state index contributed by atoms with van der Waals surface area (Å²) < 4.78 is 31.7. The van der Waals surface area contributed by atoms with Gasteiger partial charge >= 0.3 is 12.1 Å². The molecule has 1 aromatic carbocycles. The Bertz CT molecular complexity index is 452. The van der Waals surface area contributed by atoms with Crippen LogP contribution < -0.4 is 5.73 Å². The molecule has 6 heteroatoms. The molecule has 0 amide bonds. The van der Waals surface area contributed by atoms with E-state index < -0.39 is 12.1 Å². The molecular formula is C11H10F3NO2. The number of alkyl halides is 3. The van der Waals surface area contributed by atoms with E-state index in [1.807, 2.05) is 18.2 Å². The second-order valence-electron chi connectivity index (χ2n) is 3.40. The smallest absolute Gasteiger partial charge is 0.475 e. The highest BCUT2D eigenvalue weighted by molar-refractivity contribution is 5.73. The quantitative estimate of drug-likeness (QED) is 0.736. The average molecular weight is 245 g/mol. The van der Waals surface area contributed by atoms with E-state index in [-0.39, 0.29) is 0 Å². The van der Waals surface area contributed by atoms with Gasteiger partial charge in [-0.05, 0) is 17.2 Å². The Hall–Kier alpha value is -1.98. The molecule has 0 heterocycles. The Kier molecular flexibility index (Phi) is 3.77. The normalized spacial score (nSPS) is 13.2.